The Balaban J connectivity index is 2.53. The molecule has 0 fully saturated rings. The summed E-state index contributed by atoms with van der Waals surface area (Å²) in [6.07, 6.45) is 3.40. The van der Waals surface area contributed by atoms with Crippen molar-refractivity contribution in [3.63, 3.8) is 0 Å². The van der Waals surface area contributed by atoms with E-state index in [9.17, 15) is 0 Å². The van der Waals surface area contributed by atoms with Crippen molar-refractivity contribution in [1.29, 1.82) is 0 Å². The van der Waals surface area contributed by atoms with E-state index in [1.54, 1.807) is 18.5 Å². The highest BCUT2D eigenvalue weighted by molar-refractivity contribution is 6.33. The lowest BCUT2D eigenvalue weighted by molar-refractivity contribution is 0.580. The first kappa shape index (κ1) is 6.55. The van der Waals surface area contributed by atoms with E-state index in [2.05, 4.69) is 4.98 Å². The third kappa shape index (κ3) is 1.05. The maximum atomic E-state index is 5.84. The van der Waals surface area contributed by atoms with Crippen molar-refractivity contribution in [3.8, 4) is 11.5 Å². The van der Waals surface area contributed by atoms with Crippen molar-refractivity contribution >= 4 is 11.6 Å². The zero-order valence-corrected chi connectivity index (χ0v) is 6.43. The SMILES string of the molecule is Clc1cc[nH]c1-c1ccco1. The van der Waals surface area contributed by atoms with Crippen LogP contribution in [0, 0.1) is 0 Å². The molecule has 2 rings (SSSR count). The number of hydrogen-bond acceptors (Lipinski definition) is 1. The van der Waals surface area contributed by atoms with Gasteiger partial charge in [-0.25, -0.2) is 0 Å². The molecule has 0 unspecified atom stereocenters. The van der Waals surface area contributed by atoms with Crippen LogP contribution < -0.4 is 0 Å². The molecule has 1 N–H and O–H groups in total. The number of aromatic amines is 1. The normalized spacial score (nSPS) is 10.3. The van der Waals surface area contributed by atoms with Crippen molar-refractivity contribution in [2.45, 2.75) is 0 Å². The predicted octanol–water partition coefficient (Wildman–Crippen LogP) is 2.93. The highest BCUT2D eigenvalue weighted by atomic mass is 35.5. The number of H-pyrrole nitrogens is 1. The zero-order chi connectivity index (χ0) is 7.68. The molecule has 0 saturated heterocycles. The summed E-state index contributed by atoms with van der Waals surface area (Å²) in [6.45, 7) is 0. The van der Waals surface area contributed by atoms with Gasteiger partial charge in [-0.2, -0.15) is 0 Å². The van der Waals surface area contributed by atoms with Crippen LogP contribution in [0.5, 0.6) is 0 Å². The fourth-order valence-corrected chi connectivity index (χ4v) is 1.17. The molecule has 0 saturated carbocycles. The van der Waals surface area contributed by atoms with E-state index in [0.717, 1.165) is 11.5 Å². The Morgan fingerprint density at radius 1 is 1.36 bits per heavy atom. The number of halogens is 1. The second-order valence-electron chi connectivity index (χ2n) is 2.18. The minimum atomic E-state index is 0.681. The Morgan fingerprint density at radius 3 is 2.82 bits per heavy atom. The van der Waals surface area contributed by atoms with Gasteiger partial charge in [0.05, 0.1) is 11.3 Å². The number of rotatable bonds is 1. The fourth-order valence-electron chi connectivity index (χ4n) is 0.960. The molecular weight excluding hydrogens is 162 g/mol. The summed E-state index contributed by atoms with van der Waals surface area (Å²) in [4.78, 5) is 2.98. The van der Waals surface area contributed by atoms with Crippen LogP contribution in [0.15, 0.2) is 35.1 Å². The molecule has 2 aromatic rings. The first-order valence-corrected chi connectivity index (χ1v) is 3.62. The lowest BCUT2D eigenvalue weighted by Gasteiger charge is -1.90. The maximum absolute atomic E-state index is 5.84. The van der Waals surface area contributed by atoms with Gasteiger partial charge >= 0.3 is 0 Å². The number of nitrogens with one attached hydrogen (secondary N) is 1. The van der Waals surface area contributed by atoms with Gasteiger partial charge in [0.1, 0.15) is 5.69 Å². The lowest BCUT2D eigenvalue weighted by atomic mass is 10.3. The number of hydrogen-bond donors (Lipinski definition) is 1. The van der Waals surface area contributed by atoms with E-state index < -0.39 is 0 Å². The van der Waals surface area contributed by atoms with Crippen molar-refractivity contribution in [3.05, 3.63) is 35.7 Å². The molecule has 0 radical (unpaired) electrons. The van der Waals surface area contributed by atoms with E-state index >= 15 is 0 Å². The largest absolute Gasteiger partial charge is 0.463 e. The zero-order valence-electron chi connectivity index (χ0n) is 5.67. The fraction of sp³-hybridized carbons (Fsp3) is 0. The second kappa shape index (κ2) is 2.47. The standard InChI is InChI=1S/C8H6ClNO/c9-6-3-4-10-8(6)7-2-1-5-11-7/h1-5,10H. The number of furan rings is 1. The molecule has 2 aromatic heterocycles. The third-order valence-electron chi connectivity index (χ3n) is 1.46. The minimum Gasteiger partial charge on any atom is -0.463 e. The molecule has 0 aliphatic rings. The van der Waals surface area contributed by atoms with E-state index in [-0.39, 0.29) is 0 Å². The summed E-state index contributed by atoms with van der Waals surface area (Å²) in [5.74, 6) is 0.764. The van der Waals surface area contributed by atoms with Crippen LogP contribution in [0.3, 0.4) is 0 Å². The van der Waals surface area contributed by atoms with Crippen LogP contribution >= 0.6 is 11.6 Å². The molecule has 2 nitrogen and oxygen atoms in total. The molecule has 0 aromatic carbocycles. The van der Waals surface area contributed by atoms with E-state index in [4.69, 9.17) is 16.0 Å². The molecule has 0 bridgehead atoms. The van der Waals surface area contributed by atoms with Crippen molar-refractivity contribution in [2.75, 3.05) is 0 Å². The highest BCUT2D eigenvalue weighted by Gasteiger charge is 2.05. The van der Waals surface area contributed by atoms with Crippen LogP contribution in [-0.4, -0.2) is 4.98 Å². The van der Waals surface area contributed by atoms with Crippen molar-refractivity contribution in [2.24, 2.45) is 0 Å². The maximum Gasteiger partial charge on any atom is 0.151 e. The Bertz CT molecular complexity index is 337. The van der Waals surface area contributed by atoms with Gasteiger partial charge in [0.25, 0.3) is 0 Å². The van der Waals surface area contributed by atoms with Crippen LogP contribution in [0.2, 0.25) is 5.02 Å². The van der Waals surface area contributed by atoms with Crippen molar-refractivity contribution in [1.82, 2.24) is 4.98 Å². The topological polar surface area (TPSA) is 28.9 Å². The molecule has 0 aliphatic carbocycles. The molecule has 0 amide bonds. The minimum absolute atomic E-state index is 0.681. The van der Waals surface area contributed by atoms with E-state index in [1.807, 2.05) is 12.1 Å². The summed E-state index contributed by atoms with van der Waals surface area (Å²) < 4.78 is 5.14. The average molecular weight is 168 g/mol. The summed E-state index contributed by atoms with van der Waals surface area (Å²) >= 11 is 5.84. The smallest absolute Gasteiger partial charge is 0.151 e. The van der Waals surface area contributed by atoms with Gasteiger partial charge in [0.15, 0.2) is 5.76 Å². The van der Waals surface area contributed by atoms with E-state index in [0.29, 0.717) is 5.02 Å². The van der Waals surface area contributed by atoms with Crippen molar-refractivity contribution < 1.29 is 4.42 Å². The number of aromatic nitrogens is 1. The van der Waals surface area contributed by atoms with Gasteiger partial charge < -0.3 is 9.40 Å². The second-order valence-corrected chi connectivity index (χ2v) is 2.59. The van der Waals surface area contributed by atoms with E-state index in [1.165, 1.54) is 0 Å². The molecule has 11 heavy (non-hydrogen) atoms. The molecule has 0 atom stereocenters. The quantitative estimate of drug-likeness (QED) is 0.695. The Labute approximate surface area is 68.8 Å². The first-order valence-electron chi connectivity index (χ1n) is 3.24. The Kier molecular flexibility index (Phi) is 1.47. The summed E-state index contributed by atoms with van der Waals surface area (Å²) in [7, 11) is 0. The van der Waals surface area contributed by atoms with Crippen LogP contribution in [0.4, 0.5) is 0 Å². The van der Waals surface area contributed by atoms with Gasteiger partial charge in [0.2, 0.25) is 0 Å². The Hall–Kier alpha value is -1.15. The van der Waals surface area contributed by atoms with Gasteiger partial charge in [0, 0.05) is 6.20 Å². The molecule has 0 aliphatic heterocycles. The van der Waals surface area contributed by atoms with Gasteiger partial charge in [-0.15, -0.1) is 0 Å². The summed E-state index contributed by atoms with van der Waals surface area (Å²) in [5.41, 5.74) is 0.830. The molecule has 3 heteroatoms. The predicted molar refractivity (Wildman–Crippen MR) is 43.5 cm³/mol. The van der Waals surface area contributed by atoms with Crippen LogP contribution in [0.25, 0.3) is 11.5 Å². The summed E-state index contributed by atoms with van der Waals surface area (Å²) in [5, 5.41) is 0.681. The van der Waals surface area contributed by atoms with Crippen LogP contribution in [0.1, 0.15) is 0 Å². The lowest BCUT2D eigenvalue weighted by Crippen LogP contribution is -1.71. The molecule has 0 spiro atoms. The molecular formula is C8H6ClNO. The van der Waals surface area contributed by atoms with Gasteiger partial charge in [-0.3, -0.25) is 0 Å². The first-order chi connectivity index (χ1) is 5.38. The third-order valence-corrected chi connectivity index (χ3v) is 1.78. The summed E-state index contributed by atoms with van der Waals surface area (Å²) in [6, 6.07) is 5.48. The van der Waals surface area contributed by atoms with Crippen LogP contribution in [-0.2, 0) is 0 Å². The highest BCUT2D eigenvalue weighted by Crippen LogP contribution is 2.25. The molecule has 2 heterocycles. The average Bonchev–Trinajstić information content (AvgIpc) is 2.55. The van der Waals surface area contributed by atoms with Gasteiger partial charge in [-0.05, 0) is 18.2 Å². The monoisotopic (exact) mass is 167 g/mol. The Morgan fingerprint density at radius 2 is 2.27 bits per heavy atom. The molecule has 56 valence electrons. The van der Waals surface area contributed by atoms with Gasteiger partial charge in [-0.1, -0.05) is 11.6 Å².